The Bertz CT molecular complexity index is 1550. The molecule has 32 heavy (non-hydrogen) atoms. The van der Waals surface area contributed by atoms with Crippen LogP contribution in [0.25, 0.3) is 27.6 Å². The third kappa shape index (κ3) is 3.72. The summed E-state index contributed by atoms with van der Waals surface area (Å²) in [5.41, 5.74) is 1.96. The Hall–Kier alpha value is -3.70. The van der Waals surface area contributed by atoms with Crippen LogP contribution < -0.4 is 4.72 Å². The summed E-state index contributed by atoms with van der Waals surface area (Å²) in [5, 5.41) is 14.9. The van der Waals surface area contributed by atoms with Crippen molar-refractivity contribution in [3.63, 3.8) is 0 Å². The minimum Gasteiger partial charge on any atom is -0.280 e. The van der Waals surface area contributed by atoms with E-state index in [1.165, 1.54) is 17.4 Å². The summed E-state index contributed by atoms with van der Waals surface area (Å²) in [5.74, 6) is -1.43. The summed E-state index contributed by atoms with van der Waals surface area (Å²) < 4.78 is 56.2. The quantitative estimate of drug-likeness (QED) is 0.406. The Kier molecular flexibility index (Phi) is 4.91. The molecule has 0 saturated heterocycles. The van der Waals surface area contributed by atoms with E-state index in [2.05, 4.69) is 20.0 Å². The first-order valence-corrected chi connectivity index (χ1v) is 11.6. The van der Waals surface area contributed by atoms with Gasteiger partial charge in [-0.05, 0) is 47.8 Å². The number of rotatable bonds is 5. The van der Waals surface area contributed by atoms with Crippen molar-refractivity contribution >= 4 is 32.7 Å². The molecule has 1 N–H and O–H groups in total. The molecule has 0 radical (unpaired) electrons. The maximum absolute atomic E-state index is 14.0. The van der Waals surface area contributed by atoms with Gasteiger partial charge in [-0.2, -0.15) is 9.61 Å². The third-order valence-corrected chi connectivity index (χ3v) is 6.88. The van der Waals surface area contributed by atoms with Crippen LogP contribution in [0.5, 0.6) is 0 Å². The van der Waals surface area contributed by atoms with Gasteiger partial charge >= 0.3 is 0 Å². The topological polar surface area (TPSA) is 89.2 Å². The van der Waals surface area contributed by atoms with Gasteiger partial charge in [-0.15, -0.1) is 21.5 Å². The number of benzene rings is 2. The second kappa shape index (κ2) is 7.77. The van der Waals surface area contributed by atoms with E-state index in [0.717, 1.165) is 17.0 Å². The smallest absolute Gasteiger partial charge is 0.264 e. The fourth-order valence-electron chi connectivity index (χ4n) is 3.15. The second-order valence-corrected chi connectivity index (χ2v) is 9.35. The van der Waals surface area contributed by atoms with E-state index in [9.17, 15) is 17.2 Å². The van der Waals surface area contributed by atoms with E-state index >= 15 is 0 Å². The number of nitrogens with zero attached hydrogens (tertiary/aromatic N) is 4. The average molecular weight is 469 g/mol. The Morgan fingerprint density at radius 1 is 0.938 bits per heavy atom. The number of aromatic nitrogens is 4. The van der Waals surface area contributed by atoms with Crippen LogP contribution in [0.15, 0.2) is 77.0 Å². The Morgan fingerprint density at radius 2 is 1.81 bits per heavy atom. The zero-order chi connectivity index (χ0) is 22.3. The molecular weight excluding hydrogens is 456 g/mol. The van der Waals surface area contributed by atoms with Crippen LogP contribution in [0.3, 0.4) is 0 Å². The lowest BCUT2D eigenvalue weighted by atomic mass is 10.1. The zero-order valence-electron chi connectivity index (χ0n) is 16.1. The molecule has 0 bridgehead atoms. The molecule has 0 atom stereocenters. The fourth-order valence-corrected chi connectivity index (χ4v) is 4.95. The van der Waals surface area contributed by atoms with Crippen LogP contribution in [0.4, 0.5) is 14.5 Å². The molecule has 0 amide bonds. The van der Waals surface area contributed by atoms with Crippen molar-refractivity contribution in [2.45, 2.75) is 4.90 Å². The molecule has 160 valence electrons. The van der Waals surface area contributed by atoms with E-state index in [1.807, 2.05) is 17.5 Å². The van der Waals surface area contributed by atoms with Crippen molar-refractivity contribution in [3.8, 4) is 22.0 Å². The Morgan fingerprint density at radius 3 is 2.59 bits per heavy atom. The van der Waals surface area contributed by atoms with Crippen molar-refractivity contribution in [1.29, 1.82) is 0 Å². The van der Waals surface area contributed by atoms with Gasteiger partial charge in [-0.3, -0.25) is 4.72 Å². The second-order valence-electron chi connectivity index (χ2n) is 6.75. The highest BCUT2D eigenvalue weighted by molar-refractivity contribution is 7.92. The van der Waals surface area contributed by atoms with E-state index in [0.29, 0.717) is 28.8 Å². The lowest BCUT2D eigenvalue weighted by Gasteiger charge is -2.10. The van der Waals surface area contributed by atoms with Gasteiger partial charge in [0.25, 0.3) is 10.0 Å². The summed E-state index contributed by atoms with van der Waals surface area (Å²) >= 11 is 1.51. The number of anilines is 1. The van der Waals surface area contributed by atoms with Gasteiger partial charge in [0.15, 0.2) is 11.5 Å². The fraction of sp³-hybridized carbons (Fsp3) is 0. The molecule has 0 aliphatic carbocycles. The molecule has 0 fully saturated rings. The van der Waals surface area contributed by atoms with Gasteiger partial charge in [0.1, 0.15) is 16.5 Å². The molecule has 7 nitrogen and oxygen atoms in total. The monoisotopic (exact) mass is 469 g/mol. The van der Waals surface area contributed by atoms with Crippen molar-refractivity contribution < 1.29 is 17.2 Å². The average Bonchev–Trinajstić information content (AvgIpc) is 3.42. The zero-order valence-corrected chi connectivity index (χ0v) is 17.7. The SMILES string of the molecule is O=S(=O)(Nc1cccc(-c2ccc3nnc(-c4cccs4)n3n2)c1)c1ccc(F)cc1F. The minimum absolute atomic E-state index is 0.204. The van der Waals surface area contributed by atoms with Gasteiger partial charge in [-0.25, -0.2) is 17.2 Å². The molecule has 3 aromatic heterocycles. The largest absolute Gasteiger partial charge is 0.280 e. The summed E-state index contributed by atoms with van der Waals surface area (Å²) in [7, 11) is -4.26. The van der Waals surface area contributed by atoms with E-state index in [1.54, 1.807) is 34.8 Å². The van der Waals surface area contributed by atoms with Gasteiger partial charge in [-0.1, -0.05) is 18.2 Å². The van der Waals surface area contributed by atoms with Gasteiger partial charge in [0.05, 0.1) is 10.6 Å². The van der Waals surface area contributed by atoms with Crippen LogP contribution in [-0.4, -0.2) is 28.2 Å². The third-order valence-electron chi connectivity index (χ3n) is 4.60. The maximum atomic E-state index is 14.0. The molecule has 2 aromatic carbocycles. The van der Waals surface area contributed by atoms with Crippen LogP contribution in [0.2, 0.25) is 0 Å². The normalized spacial score (nSPS) is 11.7. The van der Waals surface area contributed by atoms with E-state index < -0.39 is 26.6 Å². The van der Waals surface area contributed by atoms with Gasteiger partial charge in [0, 0.05) is 17.3 Å². The summed E-state index contributed by atoms with van der Waals surface area (Å²) in [4.78, 5) is 0.263. The number of nitrogens with one attached hydrogen (secondary N) is 1. The number of fused-ring (bicyclic) bond motifs is 1. The number of sulfonamides is 1. The molecule has 5 aromatic rings. The molecule has 0 unspecified atom stereocenters. The first-order valence-electron chi connectivity index (χ1n) is 9.25. The van der Waals surface area contributed by atoms with Crippen LogP contribution in [-0.2, 0) is 10.0 Å². The van der Waals surface area contributed by atoms with E-state index in [4.69, 9.17) is 0 Å². The number of halogens is 2. The van der Waals surface area contributed by atoms with Crippen molar-refractivity contribution in [2.75, 3.05) is 4.72 Å². The number of thiophene rings is 1. The molecule has 3 heterocycles. The Labute approximate surface area is 185 Å². The van der Waals surface area contributed by atoms with Crippen LogP contribution in [0, 0.1) is 11.6 Å². The lowest BCUT2D eigenvalue weighted by molar-refractivity contribution is 0.551. The molecule has 0 saturated carbocycles. The number of hydrogen-bond acceptors (Lipinski definition) is 6. The van der Waals surface area contributed by atoms with Gasteiger partial charge in [0.2, 0.25) is 0 Å². The predicted octanol–water partition coefficient (Wildman–Crippen LogP) is 4.60. The van der Waals surface area contributed by atoms with Crippen molar-refractivity contribution in [2.24, 2.45) is 0 Å². The molecular formula is C21H13F2N5O2S2. The maximum Gasteiger partial charge on any atom is 0.264 e. The van der Waals surface area contributed by atoms with E-state index in [-0.39, 0.29) is 5.69 Å². The minimum atomic E-state index is -4.26. The standard InChI is InChI=1S/C21H13F2N5O2S2/c22-14-6-8-19(16(23)12-14)32(29,30)27-15-4-1-3-13(11-15)17-7-9-20-24-25-21(28(20)26-17)18-5-2-10-31-18/h1-12,27H. The highest BCUT2D eigenvalue weighted by atomic mass is 32.2. The lowest BCUT2D eigenvalue weighted by Crippen LogP contribution is -2.14. The van der Waals surface area contributed by atoms with Gasteiger partial charge < -0.3 is 0 Å². The van der Waals surface area contributed by atoms with Crippen molar-refractivity contribution in [1.82, 2.24) is 19.8 Å². The highest BCUT2D eigenvalue weighted by Crippen LogP contribution is 2.27. The molecule has 0 aliphatic rings. The highest BCUT2D eigenvalue weighted by Gasteiger charge is 2.20. The summed E-state index contributed by atoms with van der Waals surface area (Å²) in [6.45, 7) is 0. The molecule has 5 rings (SSSR count). The summed E-state index contributed by atoms with van der Waals surface area (Å²) in [6.07, 6.45) is 0. The predicted molar refractivity (Wildman–Crippen MR) is 117 cm³/mol. The molecule has 11 heteroatoms. The van der Waals surface area contributed by atoms with Crippen LogP contribution in [0.1, 0.15) is 0 Å². The van der Waals surface area contributed by atoms with Crippen LogP contribution >= 0.6 is 11.3 Å². The van der Waals surface area contributed by atoms with Crippen molar-refractivity contribution in [3.05, 3.63) is 83.7 Å². The molecule has 0 spiro atoms. The first kappa shape index (κ1) is 20.2. The number of hydrogen-bond donors (Lipinski definition) is 1. The molecule has 0 aliphatic heterocycles. The Balaban J connectivity index is 1.50. The summed E-state index contributed by atoms with van der Waals surface area (Å²) in [6, 6.07) is 16.1. The first-order chi connectivity index (χ1) is 15.4.